The Morgan fingerprint density at radius 3 is 2.43 bits per heavy atom. The number of piperidine rings is 1. The molecule has 1 rings (SSSR count). The van der Waals surface area contributed by atoms with Crippen molar-refractivity contribution in [3.8, 4) is 0 Å². The molecule has 1 heterocycles. The van der Waals surface area contributed by atoms with Crippen molar-refractivity contribution in [1.29, 1.82) is 0 Å². The van der Waals surface area contributed by atoms with Crippen LogP contribution in [0.25, 0.3) is 0 Å². The van der Waals surface area contributed by atoms with Gasteiger partial charge in [0.25, 0.3) is 0 Å². The van der Waals surface area contributed by atoms with Crippen molar-refractivity contribution in [2.45, 2.75) is 25.8 Å². The molecular formula is C9H16N2O3. The van der Waals surface area contributed by atoms with Gasteiger partial charge in [0.1, 0.15) is 6.61 Å². The Kier molecular flexibility index (Phi) is 3.88. The average molecular weight is 200 g/mol. The van der Waals surface area contributed by atoms with E-state index in [1.54, 1.807) is 4.90 Å². The molecule has 5 heteroatoms. The molecule has 0 aliphatic carbocycles. The van der Waals surface area contributed by atoms with Crippen LogP contribution in [0.3, 0.4) is 0 Å². The van der Waals surface area contributed by atoms with E-state index < -0.39 is 6.61 Å². The van der Waals surface area contributed by atoms with Gasteiger partial charge in [0.2, 0.25) is 11.8 Å². The number of carbonyl (C=O) groups excluding carboxylic acids is 2. The number of aliphatic hydroxyl groups excluding tert-OH is 1. The Hall–Kier alpha value is -1.10. The molecule has 5 nitrogen and oxygen atoms in total. The van der Waals surface area contributed by atoms with Crippen LogP contribution in [0.5, 0.6) is 0 Å². The van der Waals surface area contributed by atoms with Gasteiger partial charge in [-0.15, -0.1) is 0 Å². The number of likely N-dealkylation sites (tertiary alicyclic amines) is 1. The molecule has 0 bridgehead atoms. The number of hydrogen-bond donors (Lipinski definition) is 2. The number of aliphatic hydroxyl groups is 1. The third kappa shape index (κ3) is 2.99. The SMILES string of the molecule is CC(=O)NC1CCN(C(=O)CO)CC1. The largest absolute Gasteiger partial charge is 0.387 e. The zero-order valence-corrected chi connectivity index (χ0v) is 8.32. The van der Waals surface area contributed by atoms with E-state index in [0.29, 0.717) is 13.1 Å². The lowest BCUT2D eigenvalue weighted by Gasteiger charge is -2.31. The topological polar surface area (TPSA) is 69.6 Å². The summed E-state index contributed by atoms with van der Waals surface area (Å²) in [5.74, 6) is -0.261. The van der Waals surface area contributed by atoms with Crippen LogP contribution >= 0.6 is 0 Å². The third-order valence-electron chi connectivity index (χ3n) is 2.39. The van der Waals surface area contributed by atoms with Gasteiger partial charge >= 0.3 is 0 Å². The van der Waals surface area contributed by atoms with Gasteiger partial charge in [-0.3, -0.25) is 9.59 Å². The molecule has 80 valence electrons. The van der Waals surface area contributed by atoms with E-state index in [2.05, 4.69) is 5.32 Å². The molecule has 1 aliphatic rings. The molecule has 0 aromatic carbocycles. The highest BCUT2D eigenvalue weighted by molar-refractivity contribution is 5.77. The van der Waals surface area contributed by atoms with Gasteiger partial charge in [0.05, 0.1) is 0 Å². The van der Waals surface area contributed by atoms with Crippen LogP contribution in [0.2, 0.25) is 0 Å². The summed E-state index contributed by atoms with van der Waals surface area (Å²) in [6.07, 6.45) is 1.54. The van der Waals surface area contributed by atoms with Crippen molar-refractivity contribution in [2.24, 2.45) is 0 Å². The molecule has 0 atom stereocenters. The monoisotopic (exact) mass is 200 g/mol. The molecular weight excluding hydrogens is 184 g/mol. The summed E-state index contributed by atoms with van der Waals surface area (Å²) >= 11 is 0. The first kappa shape index (κ1) is 11.0. The number of nitrogens with one attached hydrogen (secondary N) is 1. The van der Waals surface area contributed by atoms with Gasteiger partial charge in [-0.05, 0) is 12.8 Å². The lowest BCUT2D eigenvalue weighted by Crippen LogP contribution is -2.46. The fraction of sp³-hybridized carbons (Fsp3) is 0.778. The Bertz CT molecular complexity index is 222. The van der Waals surface area contributed by atoms with Gasteiger partial charge in [0.15, 0.2) is 0 Å². The first-order chi connectivity index (χ1) is 6.63. The van der Waals surface area contributed by atoms with Crippen LogP contribution in [-0.4, -0.2) is 47.6 Å². The zero-order valence-electron chi connectivity index (χ0n) is 8.32. The second-order valence-corrected chi connectivity index (χ2v) is 3.51. The van der Waals surface area contributed by atoms with Gasteiger partial charge < -0.3 is 15.3 Å². The third-order valence-corrected chi connectivity index (χ3v) is 2.39. The maximum absolute atomic E-state index is 11.1. The maximum atomic E-state index is 11.1. The Labute approximate surface area is 83.1 Å². The molecule has 0 spiro atoms. The van der Waals surface area contributed by atoms with E-state index in [9.17, 15) is 9.59 Å². The average Bonchev–Trinajstić information content (AvgIpc) is 2.17. The molecule has 0 aromatic rings. The lowest BCUT2D eigenvalue weighted by molar-refractivity contribution is -0.135. The summed E-state index contributed by atoms with van der Waals surface area (Å²) in [5.41, 5.74) is 0. The van der Waals surface area contributed by atoms with Crippen LogP contribution in [0.4, 0.5) is 0 Å². The smallest absolute Gasteiger partial charge is 0.248 e. The van der Waals surface area contributed by atoms with Gasteiger partial charge in [-0.25, -0.2) is 0 Å². The van der Waals surface area contributed by atoms with Crippen LogP contribution in [0, 0.1) is 0 Å². The quantitative estimate of drug-likeness (QED) is 0.607. The number of hydrogen-bond acceptors (Lipinski definition) is 3. The summed E-state index contributed by atoms with van der Waals surface area (Å²) in [5, 5.41) is 11.5. The van der Waals surface area contributed by atoms with Crippen molar-refractivity contribution in [3.05, 3.63) is 0 Å². The van der Waals surface area contributed by atoms with Crippen molar-refractivity contribution in [3.63, 3.8) is 0 Å². The Morgan fingerprint density at radius 1 is 1.43 bits per heavy atom. The summed E-state index contributed by atoms with van der Waals surface area (Å²) < 4.78 is 0. The predicted molar refractivity (Wildman–Crippen MR) is 50.5 cm³/mol. The molecule has 14 heavy (non-hydrogen) atoms. The summed E-state index contributed by atoms with van der Waals surface area (Å²) in [4.78, 5) is 23.5. The highest BCUT2D eigenvalue weighted by Crippen LogP contribution is 2.09. The Balaban J connectivity index is 2.31. The normalized spacial score (nSPS) is 18.0. The molecule has 0 aromatic heterocycles. The molecule has 2 amide bonds. The number of nitrogens with zero attached hydrogens (tertiary/aromatic N) is 1. The van der Waals surface area contributed by atoms with Gasteiger partial charge in [-0.1, -0.05) is 0 Å². The van der Waals surface area contributed by atoms with Crippen LogP contribution in [0.15, 0.2) is 0 Å². The fourth-order valence-corrected chi connectivity index (χ4v) is 1.66. The van der Waals surface area contributed by atoms with E-state index in [1.165, 1.54) is 6.92 Å². The van der Waals surface area contributed by atoms with Crippen LogP contribution in [-0.2, 0) is 9.59 Å². The van der Waals surface area contributed by atoms with E-state index >= 15 is 0 Å². The number of rotatable bonds is 2. The minimum Gasteiger partial charge on any atom is -0.387 e. The molecule has 0 radical (unpaired) electrons. The van der Waals surface area contributed by atoms with Crippen molar-refractivity contribution in [1.82, 2.24) is 10.2 Å². The molecule has 1 saturated heterocycles. The van der Waals surface area contributed by atoms with Crippen LogP contribution < -0.4 is 5.32 Å². The second kappa shape index (κ2) is 4.95. The number of amides is 2. The van der Waals surface area contributed by atoms with E-state index in [1.807, 2.05) is 0 Å². The predicted octanol–water partition coefficient (Wildman–Crippen LogP) is -0.894. The lowest BCUT2D eigenvalue weighted by atomic mass is 10.1. The first-order valence-corrected chi connectivity index (χ1v) is 4.79. The molecule has 0 saturated carbocycles. The number of carbonyl (C=O) groups is 2. The Morgan fingerprint density at radius 2 is 2.00 bits per heavy atom. The summed E-state index contributed by atoms with van der Waals surface area (Å²) in [7, 11) is 0. The minimum absolute atomic E-state index is 0.0306. The van der Waals surface area contributed by atoms with Gasteiger partial charge in [0, 0.05) is 26.1 Å². The maximum Gasteiger partial charge on any atom is 0.248 e. The zero-order chi connectivity index (χ0) is 10.6. The van der Waals surface area contributed by atoms with Crippen molar-refractivity contribution < 1.29 is 14.7 Å². The molecule has 1 fully saturated rings. The second-order valence-electron chi connectivity index (χ2n) is 3.51. The minimum atomic E-state index is -0.426. The van der Waals surface area contributed by atoms with Crippen molar-refractivity contribution >= 4 is 11.8 Å². The standard InChI is InChI=1S/C9H16N2O3/c1-7(13)10-8-2-4-11(5-3-8)9(14)6-12/h8,12H,2-6H2,1H3,(H,10,13). The fourth-order valence-electron chi connectivity index (χ4n) is 1.66. The van der Waals surface area contributed by atoms with Gasteiger partial charge in [-0.2, -0.15) is 0 Å². The highest BCUT2D eigenvalue weighted by atomic mass is 16.3. The molecule has 2 N–H and O–H groups in total. The van der Waals surface area contributed by atoms with Crippen molar-refractivity contribution in [2.75, 3.05) is 19.7 Å². The van der Waals surface area contributed by atoms with E-state index in [4.69, 9.17) is 5.11 Å². The first-order valence-electron chi connectivity index (χ1n) is 4.79. The van der Waals surface area contributed by atoms with E-state index in [0.717, 1.165) is 12.8 Å². The van der Waals surface area contributed by atoms with E-state index in [-0.39, 0.29) is 17.9 Å². The summed E-state index contributed by atoms with van der Waals surface area (Å²) in [6.45, 7) is 2.30. The highest BCUT2D eigenvalue weighted by Gasteiger charge is 2.22. The summed E-state index contributed by atoms with van der Waals surface area (Å²) in [6, 6.07) is 0.176. The molecule has 1 aliphatic heterocycles. The molecule has 0 unspecified atom stereocenters. The van der Waals surface area contributed by atoms with Crippen LogP contribution in [0.1, 0.15) is 19.8 Å².